The summed E-state index contributed by atoms with van der Waals surface area (Å²) >= 11 is 0. The molecule has 1 aromatic heterocycles. The molecule has 0 saturated heterocycles. The van der Waals surface area contributed by atoms with Crippen molar-refractivity contribution < 1.29 is 13.0 Å². The lowest BCUT2D eigenvalue weighted by Crippen LogP contribution is -2.17. The van der Waals surface area contributed by atoms with Gasteiger partial charge in [0.1, 0.15) is 0 Å². The van der Waals surface area contributed by atoms with Crippen molar-refractivity contribution in [3.05, 3.63) is 0 Å². The van der Waals surface area contributed by atoms with E-state index in [1.165, 1.54) is 0 Å². The quantitative estimate of drug-likeness (QED) is 0.447. The maximum atomic E-state index is 10.4. The zero-order chi connectivity index (χ0) is 11.5. The van der Waals surface area contributed by atoms with Crippen molar-refractivity contribution in [1.82, 2.24) is 15.0 Å². The Morgan fingerprint density at radius 1 is 1.20 bits per heavy atom. The number of nitrogen functional groups attached to an aromatic ring is 2. The Balaban J connectivity index is 2.58. The number of hydrogen-bond donors (Lipinski definition) is 4. The standard InChI is InChI=1S/C5H10N6O3S/c6-3-9-4(7)11-5(10-3)8-1-2-15(12,13)14/h1-2H2,(H,12,13,14)(H5,6,7,8,9,10,11). The third-order valence-corrected chi connectivity index (χ3v) is 2.03. The van der Waals surface area contributed by atoms with Gasteiger partial charge in [-0.15, -0.1) is 0 Å². The van der Waals surface area contributed by atoms with Gasteiger partial charge >= 0.3 is 0 Å². The molecule has 0 saturated carbocycles. The van der Waals surface area contributed by atoms with Gasteiger partial charge in [-0.2, -0.15) is 23.4 Å². The summed E-state index contributed by atoms with van der Waals surface area (Å²) in [5.74, 6) is -0.546. The molecule has 9 nitrogen and oxygen atoms in total. The average molecular weight is 234 g/mol. The monoisotopic (exact) mass is 234 g/mol. The van der Waals surface area contributed by atoms with Gasteiger partial charge < -0.3 is 16.8 Å². The predicted molar refractivity (Wildman–Crippen MR) is 53.6 cm³/mol. The summed E-state index contributed by atoms with van der Waals surface area (Å²) in [5, 5.41) is 2.52. The minimum atomic E-state index is -4.01. The smallest absolute Gasteiger partial charge is 0.266 e. The van der Waals surface area contributed by atoms with Crippen molar-refractivity contribution in [2.24, 2.45) is 0 Å². The molecule has 0 atom stereocenters. The van der Waals surface area contributed by atoms with E-state index >= 15 is 0 Å². The molecule has 0 amide bonds. The molecule has 0 bridgehead atoms. The molecule has 0 unspecified atom stereocenters. The summed E-state index contributed by atoms with van der Waals surface area (Å²) in [4.78, 5) is 10.8. The lowest BCUT2D eigenvalue weighted by molar-refractivity contribution is 0.484. The van der Waals surface area contributed by atoms with Gasteiger partial charge in [-0.05, 0) is 0 Å². The lowest BCUT2D eigenvalue weighted by Gasteiger charge is -2.03. The number of nitrogens with one attached hydrogen (secondary N) is 1. The maximum absolute atomic E-state index is 10.4. The Labute approximate surface area is 85.7 Å². The molecule has 15 heavy (non-hydrogen) atoms. The molecule has 0 aromatic carbocycles. The van der Waals surface area contributed by atoms with E-state index in [2.05, 4.69) is 20.3 Å². The third-order valence-electron chi connectivity index (χ3n) is 1.31. The number of rotatable bonds is 4. The zero-order valence-corrected chi connectivity index (χ0v) is 8.40. The summed E-state index contributed by atoms with van der Waals surface area (Å²) in [6, 6.07) is 0. The molecule has 10 heteroatoms. The van der Waals surface area contributed by atoms with Crippen LogP contribution in [0.2, 0.25) is 0 Å². The highest BCUT2D eigenvalue weighted by Crippen LogP contribution is 2.02. The predicted octanol–water partition coefficient (Wildman–Crippen LogP) is -1.66. The molecule has 6 N–H and O–H groups in total. The SMILES string of the molecule is Nc1nc(N)nc(NCCS(=O)(=O)O)n1. The second kappa shape index (κ2) is 4.23. The highest BCUT2D eigenvalue weighted by Gasteiger charge is 2.05. The molecular weight excluding hydrogens is 224 g/mol. The van der Waals surface area contributed by atoms with Crippen LogP contribution in [0.3, 0.4) is 0 Å². The molecule has 0 aliphatic heterocycles. The molecule has 0 spiro atoms. The first-order valence-corrected chi connectivity index (χ1v) is 5.44. The minimum absolute atomic E-state index is 0.0538. The Kier molecular flexibility index (Phi) is 3.21. The van der Waals surface area contributed by atoms with E-state index in [0.29, 0.717) is 0 Å². The molecule has 0 radical (unpaired) electrons. The van der Waals surface area contributed by atoms with Gasteiger partial charge in [-0.1, -0.05) is 0 Å². The van der Waals surface area contributed by atoms with Crippen LogP contribution in [-0.2, 0) is 10.1 Å². The van der Waals surface area contributed by atoms with E-state index in [4.69, 9.17) is 16.0 Å². The van der Waals surface area contributed by atoms with Crippen LogP contribution in [0.4, 0.5) is 17.8 Å². The third kappa shape index (κ3) is 4.37. The van der Waals surface area contributed by atoms with Crippen molar-refractivity contribution in [2.75, 3.05) is 29.1 Å². The van der Waals surface area contributed by atoms with Gasteiger partial charge in [-0.3, -0.25) is 4.55 Å². The fourth-order valence-electron chi connectivity index (χ4n) is 0.780. The van der Waals surface area contributed by atoms with Crippen molar-refractivity contribution in [1.29, 1.82) is 0 Å². The number of nitrogens with two attached hydrogens (primary N) is 2. The van der Waals surface area contributed by atoms with E-state index in [-0.39, 0.29) is 24.4 Å². The van der Waals surface area contributed by atoms with Gasteiger partial charge in [0, 0.05) is 6.54 Å². The molecule has 0 aliphatic rings. The normalized spacial score (nSPS) is 11.3. The van der Waals surface area contributed by atoms with E-state index in [1.807, 2.05) is 0 Å². The van der Waals surface area contributed by atoms with Crippen LogP contribution in [0.25, 0.3) is 0 Å². The Bertz CT molecular complexity index is 426. The van der Waals surface area contributed by atoms with Crippen LogP contribution in [0.1, 0.15) is 0 Å². The molecule has 1 heterocycles. The van der Waals surface area contributed by atoms with Crippen molar-refractivity contribution in [3.63, 3.8) is 0 Å². The van der Waals surface area contributed by atoms with Gasteiger partial charge in [0.25, 0.3) is 10.1 Å². The number of nitrogens with zero attached hydrogens (tertiary/aromatic N) is 3. The highest BCUT2D eigenvalue weighted by atomic mass is 32.2. The van der Waals surface area contributed by atoms with E-state index in [9.17, 15) is 8.42 Å². The van der Waals surface area contributed by atoms with Crippen LogP contribution in [0, 0.1) is 0 Å². The first kappa shape index (κ1) is 11.4. The number of anilines is 3. The van der Waals surface area contributed by atoms with E-state index in [0.717, 1.165) is 0 Å². The van der Waals surface area contributed by atoms with Crippen LogP contribution >= 0.6 is 0 Å². The van der Waals surface area contributed by atoms with Gasteiger partial charge in [-0.25, -0.2) is 0 Å². The van der Waals surface area contributed by atoms with Crippen LogP contribution in [0.5, 0.6) is 0 Å². The van der Waals surface area contributed by atoms with Crippen molar-refractivity contribution in [2.45, 2.75) is 0 Å². The van der Waals surface area contributed by atoms with Gasteiger partial charge in [0.05, 0.1) is 5.75 Å². The Morgan fingerprint density at radius 3 is 2.20 bits per heavy atom. The fourth-order valence-corrected chi connectivity index (χ4v) is 1.14. The molecule has 84 valence electrons. The van der Waals surface area contributed by atoms with Crippen molar-refractivity contribution in [3.8, 4) is 0 Å². The van der Waals surface area contributed by atoms with Gasteiger partial charge in [0.2, 0.25) is 17.8 Å². The topological polar surface area (TPSA) is 157 Å². The first-order valence-electron chi connectivity index (χ1n) is 3.83. The summed E-state index contributed by atoms with van der Waals surface area (Å²) in [6.07, 6.45) is 0. The summed E-state index contributed by atoms with van der Waals surface area (Å²) in [5.41, 5.74) is 10.5. The molecule has 1 aromatic rings. The van der Waals surface area contributed by atoms with Crippen LogP contribution < -0.4 is 16.8 Å². The second-order valence-electron chi connectivity index (χ2n) is 2.59. The average Bonchev–Trinajstić information content (AvgIpc) is 1.99. The zero-order valence-electron chi connectivity index (χ0n) is 7.58. The van der Waals surface area contributed by atoms with Crippen LogP contribution in [0.15, 0.2) is 0 Å². The minimum Gasteiger partial charge on any atom is -0.368 e. The summed E-state index contributed by atoms with van der Waals surface area (Å²) in [6.45, 7) is -0.0538. The largest absolute Gasteiger partial charge is 0.368 e. The van der Waals surface area contributed by atoms with Crippen molar-refractivity contribution >= 4 is 28.0 Å². The fraction of sp³-hybridized carbons (Fsp3) is 0.400. The van der Waals surface area contributed by atoms with Crippen LogP contribution in [-0.4, -0.2) is 40.2 Å². The molecule has 1 rings (SSSR count). The summed E-state index contributed by atoms with van der Waals surface area (Å²) < 4.78 is 29.2. The molecule has 0 fully saturated rings. The number of hydrogen-bond acceptors (Lipinski definition) is 8. The summed E-state index contributed by atoms with van der Waals surface area (Å²) in [7, 11) is -4.01. The maximum Gasteiger partial charge on any atom is 0.266 e. The van der Waals surface area contributed by atoms with E-state index < -0.39 is 15.9 Å². The molecular formula is C5H10N6O3S. The lowest BCUT2D eigenvalue weighted by atomic mass is 10.7. The number of aromatic nitrogens is 3. The van der Waals surface area contributed by atoms with E-state index in [1.54, 1.807) is 0 Å². The van der Waals surface area contributed by atoms with Gasteiger partial charge in [0.15, 0.2) is 0 Å². The Morgan fingerprint density at radius 2 is 1.73 bits per heavy atom. The Hall–Kier alpha value is -1.68. The second-order valence-corrected chi connectivity index (χ2v) is 4.16. The highest BCUT2D eigenvalue weighted by molar-refractivity contribution is 7.85. The molecule has 0 aliphatic carbocycles. The first-order chi connectivity index (χ1) is 6.87.